The Kier molecular flexibility index (Phi) is 4.09. The van der Waals surface area contributed by atoms with Gasteiger partial charge in [-0.15, -0.1) is 0 Å². The third-order valence-corrected chi connectivity index (χ3v) is 7.14. The zero-order valence-electron chi connectivity index (χ0n) is 13.2. The van der Waals surface area contributed by atoms with Gasteiger partial charge >= 0.3 is 0 Å². The summed E-state index contributed by atoms with van der Waals surface area (Å²) in [4.78, 5) is 29.7. The number of fused-ring (bicyclic) bond motifs is 2. The molecule has 5 heteroatoms. The van der Waals surface area contributed by atoms with Gasteiger partial charge in [0.1, 0.15) is 6.04 Å². The molecule has 4 fully saturated rings. The number of carbonyl (C=O) groups excluding carboxylic acids is 2. The maximum Gasteiger partial charge on any atom is 0.245 e. The molecule has 22 heavy (non-hydrogen) atoms. The maximum absolute atomic E-state index is 13.0. The largest absolute Gasteiger partial charge is 0.339 e. The molecular weight excluding hydrogens is 296 g/mol. The predicted molar refractivity (Wildman–Crippen MR) is 87.6 cm³/mol. The molecule has 4 atom stereocenters. The van der Waals surface area contributed by atoms with Gasteiger partial charge in [-0.3, -0.25) is 9.59 Å². The highest BCUT2D eigenvalue weighted by Crippen LogP contribution is 2.49. The molecule has 0 spiro atoms. The smallest absolute Gasteiger partial charge is 0.245 e. The van der Waals surface area contributed by atoms with Crippen molar-refractivity contribution >= 4 is 23.6 Å². The minimum Gasteiger partial charge on any atom is -0.339 e. The molecule has 122 valence electrons. The first-order chi connectivity index (χ1) is 10.7. The molecule has 0 N–H and O–H groups in total. The highest BCUT2D eigenvalue weighted by atomic mass is 32.2. The number of rotatable bonds is 2. The molecule has 2 aliphatic carbocycles. The van der Waals surface area contributed by atoms with Gasteiger partial charge in [-0.25, -0.2) is 0 Å². The number of carbonyl (C=O) groups is 2. The van der Waals surface area contributed by atoms with Gasteiger partial charge in [-0.05, 0) is 43.9 Å². The molecule has 2 aliphatic heterocycles. The van der Waals surface area contributed by atoms with Gasteiger partial charge in [0.05, 0.1) is 0 Å². The van der Waals surface area contributed by atoms with Crippen molar-refractivity contribution in [2.45, 2.75) is 44.6 Å². The summed E-state index contributed by atoms with van der Waals surface area (Å²) in [6.07, 6.45) is 6.76. The Labute approximate surface area is 137 Å². The Morgan fingerprint density at radius 3 is 2.41 bits per heavy atom. The molecule has 4 aliphatic rings. The van der Waals surface area contributed by atoms with Gasteiger partial charge in [0.2, 0.25) is 11.8 Å². The van der Waals surface area contributed by atoms with E-state index in [2.05, 4.69) is 0 Å². The number of hydrogen-bond acceptors (Lipinski definition) is 3. The van der Waals surface area contributed by atoms with Crippen LogP contribution in [0.2, 0.25) is 0 Å². The summed E-state index contributed by atoms with van der Waals surface area (Å²) in [5.41, 5.74) is 0. The Hall–Kier alpha value is -0.710. The van der Waals surface area contributed by atoms with Crippen LogP contribution in [-0.4, -0.2) is 58.8 Å². The first-order valence-corrected chi connectivity index (χ1v) is 10.1. The van der Waals surface area contributed by atoms with Crippen molar-refractivity contribution in [2.24, 2.45) is 17.8 Å². The molecule has 4 unspecified atom stereocenters. The summed E-state index contributed by atoms with van der Waals surface area (Å²) in [5.74, 6) is 4.22. The summed E-state index contributed by atoms with van der Waals surface area (Å²) in [6, 6.07) is -0.158. The molecule has 2 heterocycles. The lowest BCUT2D eigenvalue weighted by Gasteiger charge is -2.34. The van der Waals surface area contributed by atoms with Crippen LogP contribution < -0.4 is 0 Å². The highest BCUT2D eigenvalue weighted by Gasteiger charge is 2.47. The van der Waals surface area contributed by atoms with Gasteiger partial charge in [0, 0.05) is 37.1 Å². The summed E-state index contributed by atoms with van der Waals surface area (Å²) in [7, 11) is 0. The lowest BCUT2D eigenvalue weighted by molar-refractivity contribution is -0.146. The zero-order valence-corrected chi connectivity index (χ0v) is 14.0. The first kappa shape index (κ1) is 14.9. The van der Waals surface area contributed by atoms with E-state index in [1.165, 1.54) is 19.3 Å². The third kappa shape index (κ3) is 2.55. The number of likely N-dealkylation sites (tertiary alicyclic amines) is 1. The average Bonchev–Trinajstić information content (AvgIpc) is 3.30. The normalized spacial score (nSPS) is 37.8. The second-order valence-corrected chi connectivity index (χ2v) is 8.63. The molecule has 4 rings (SSSR count). The number of amides is 2. The lowest BCUT2D eigenvalue weighted by atomic mass is 9.87. The fourth-order valence-corrected chi connectivity index (χ4v) is 5.94. The van der Waals surface area contributed by atoms with E-state index in [0.29, 0.717) is 11.8 Å². The molecule has 2 amide bonds. The Bertz CT molecular complexity index is 464. The Morgan fingerprint density at radius 2 is 1.73 bits per heavy atom. The summed E-state index contributed by atoms with van der Waals surface area (Å²) in [5, 5.41) is 0. The quantitative estimate of drug-likeness (QED) is 0.781. The highest BCUT2D eigenvalue weighted by molar-refractivity contribution is 7.99. The summed E-state index contributed by atoms with van der Waals surface area (Å²) in [6.45, 7) is 2.51. The van der Waals surface area contributed by atoms with Crippen molar-refractivity contribution in [3.63, 3.8) is 0 Å². The van der Waals surface area contributed by atoms with E-state index in [1.807, 2.05) is 21.6 Å². The average molecular weight is 322 g/mol. The van der Waals surface area contributed by atoms with Gasteiger partial charge in [0.15, 0.2) is 0 Å². The second kappa shape index (κ2) is 6.06. The van der Waals surface area contributed by atoms with E-state index in [9.17, 15) is 9.59 Å². The molecule has 0 aromatic carbocycles. The van der Waals surface area contributed by atoms with Crippen molar-refractivity contribution in [3.8, 4) is 0 Å². The van der Waals surface area contributed by atoms with Crippen LogP contribution in [0.5, 0.6) is 0 Å². The zero-order chi connectivity index (χ0) is 15.1. The topological polar surface area (TPSA) is 40.6 Å². The molecule has 2 saturated heterocycles. The van der Waals surface area contributed by atoms with Crippen LogP contribution in [0.25, 0.3) is 0 Å². The van der Waals surface area contributed by atoms with Crippen LogP contribution >= 0.6 is 11.8 Å². The minimum atomic E-state index is -0.158. The van der Waals surface area contributed by atoms with Crippen LogP contribution in [0.1, 0.15) is 38.5 Å². The van der Waals surface area contributed by atoms with E-state index in [1.54, 1.807) is 0 Å². The van der Waals surface area contributed by atoms with Gasteiger partial charge < -0.3 is 9.80 Å². The molecule has 0 aromatic heterocycles. The van der Waals surface area contributed by atoms with E-state index in [0.717, 1.165) is 56.3 Å². The van der Waals surface area contributed by atoms with Crippen LogP contribution in [0, 0.1) is 17.8 Å². The fourth-order valence-electron chi connectivity index (χ4n) is 5.04. The third-order valence-electron chi connectivity index (χ3n) is 6.20. The van der Waals surface area contributed by atoms with Crippen LogP contribution in [0.3, 0.4) is 0 Å². The second-order valence-electron chi connectivity index (χ2n) is 7.41. The standard InChI is InChI=1S/C17H26N2O2S/c20-16(14-11-12-3-4-13(14)10-12)19-5-1-2-15(19)17(21)18-6-8-22-9-7-18/h12-15H,1-11H2. The van der Waals surface area contributed by atoms with E-state index >= 15 is 0 Å². The van der Waals surface area contributed by atoms with Crippen molar-refractivity contribution in [3.05, 3.63) is 0 Å². The lowest BCUT2D eigenvalue weighted by Crippen LogP contribution is -2.51. The molecule has 2 bridgehead atoms. The van der Waals surface area contributed by atoms with Crippen LogP contribution in [0.4, 0.5) is 0 Å². The van der Waals surface area contributed by atoms with Gasteiger partial charge in [-0.1, -0.05) is 6.42 Å². The van der Waals surface area contributed by atoms with Gasteiger partial charge in [-0.2, -0.15) is 11.8 Å². The minimum absolute atomic E-state index is 0.158. The van der Waals surface area contributed by atoms with E-state index < -0.39 is 0 Å². The van der Waals surface area contributed by atoms with E-state index in [-0.39, 0.29) is 17.9 Å². The molecule has 2 saturated carbocycles. The predicted octanol–water partition coefficient (Wildman–Crippen LogP) is 1.99. The molecule has 0 aromatic rings. The maximum atomic E-state index is 13.0. The molecule has 0 radical (unpaired) electrons. The Morgan fingerprint density at radius 1 is 0.909 bits per heavy atom. The monoisotopic (exact) mass is 322 g/mol. The Balaban J connectivity index is 1.44. The summed E-state index contributed by atoms with van der Waals surface area (Å²) >= 11 is 1.92. The first-order valence-electron chi connectivity index (χ1n) is 8.91. The number of thioether (sulfide) groups is 1. The fraction of sp³-hybridized carbons (Fsp3) is 0.882. The van der Waals surface area contributed by atoms with Gasteiger partial charge in [0.25, 0.3) is 0 Å². The SMILES string of the molecule is O=C(C1CCCN1C(=O)C1CC2CCC1C2)N1CCSCC1. The van der Waals surface area contributed by atoms with Crippen molar-refractivity contribution < 1.29 is 9.59 Å². The molecular formula is C17H26N2O2S. The van der Waals surface area contributed by atoms with Crippen molar-refractivity contribution in [2.75, 3.05) is 31.1 Å². The van der Waals surface area contributed by atoms with Crippen LogP contribution in [0.15, 0.2) is 0 Å². The van der Waals surface area contributed by atoms with Crippen molar-refractivity contribution in [1.82, 2.24) is 9.80 Å². The summed E-state index contributed by atoms with van der Waals surface area (Å²) < 4.78 is 0. The number of nitrogens with zero attached hydrogens (tertiary/aromatic N) is 2. The number of hydrogen-bond donors (Lipinski definition) is 0. The van der Waals surface area contributed by atoms with E-state index in [4.69, 9.17) is 0 Å². The molecule has 4 nitrogen and oxygen atoms in total. The van der Waals surface area contributed by atoms with Crippen molar-refractivity contribution in [1.29, 1.82) is 0 Å². The van der Waals surface area contributed by atoms with Crippen LogP contribution in [-0.2, 0) is 9.59 Å².